The van der Waals surface area contributed by atoms with Gasteiger partial charge in [0.2, 0.25) is 5.91 Å². The summed E-state index contributed by atoms with van der Waals surface area (Å²) in [4.78, 5) is 30.7. The molecule has 1 aromatic heterocycles. The summed E-state index contributed by atoms with van der Waals surface area (Å²) < 4.78 is 7.64. The first-order valence-electron chi connectivity index (χ1n) is 10.5. The fourth-order valence-electron chi connectivity index (χ4n) is 5.08. The molecule has 0 saturated carbocycles. The third-order valence-corrected chi connectivity index (χ3v) is 6.77. The Kier molecular flexibility index (Phi) is 5.39. The van der Waals surface area contributed by atoms with Crippen molar-refractivity contribution >= 4 is 11.7 Å². The van der Waals surface area contributed by atoms with Gasteiger partial charge in [0.1, 0.15) is 5.82 Å². The number of anilines is 1. The number of ether oxygens (including phenoxy) is 1. The van der Waals surface area contributed by atoms with Gasteiger partial charge >= 0.3 is 5.69 Å². The summed E-state index contributed by atoms with van der Waals surface area (Å²) in [6.45, 7) is 5.00. The van der Waals surface area contributed by atoms with E-state index in [2.05, 4.69) is 10.3 Å². The van der Waals surface area contributed by atoms with Gasteiger partial charge in [0.05, 0.1) is 29.8 Å². The Hall–Kier alpha value is -1.97. The second kappa shape index (κ2) is 7.70. The number of rotatable bonds is 2. The molecule has 0 radical (unpaired) electrons. The van der Waals surface area contributed by atoms with Crippen molar-refractivity contribution in [3.63, 3.8) is 0 Å². The van der Waals surface area contributed by atoms with Gasteiger partial charge in [-0.05, 0) is 45.2 Å². The van der Waals surface area contributed by atoms with Crippen molar-refractivity contribution in [2.24, 2.45) is 5.92 Å². The standard InChI is InChI=1S/C20H31N5O4/c1-19(28)13-20(29-12-15(19)25-8-4-16(21)23-18(25)27)5-9-24(10-6-20)17(26)14-3-2-7-22-11-14/h4,8,14-15,22,28H,2-3,5-7,9-13H2,1H3,(H2,21,23,27)/t14-,15-,19-/m1/s1. The van der Waals surface area contributed by atoms with Crippen LogP contribution in [0, 0.1) is 5.92 Å². The predicted octanol–water partition coefficient (Wildman–Crippen LogP) is -0.101. The van der Waals surface area contributed by atoms with Crippen molar-refractivity contribution in [2.45, 2.75) is 56.3 Å². The van der Waals surface area contributed by atoms with E-state index in [4.69, 9.17) is 10.5 Å². The van der Waals surface area contributed by atoms with Gasteiger partial charge in [-0.15, -0.1) is 0 Å². The molecule has 9 heteroatoms. The molecule has 1 aromatic rings. The van der Waals surface area contributed by atoms with Crippen molar-refractivity contribution in [1.82, 2.24) is 19.8 Å². The molecular weight excluding hydrogens is 374 g/mol. The summed E-state index contributed by atoms with van der Waals surface area (Å²) in [5.41, 5.74) is 3.49. The topological polar surface area (TPSA) is 123 Å². The Morgan fingerprint density at radius 3 is 2.79 bits per heavy atom. The normalized spacial score (nSPS) is 32.3. The maximum Gasteiger partial charge on any atom is 0.349 e. The van der Waals surface area contributed by atoms with E-state index in [1.54, 1.807) is 19.2 Å². The molecule has 9 nitrogen and oxygen atoms in total. The number of nitrogens with zero attached hydrogens (tertiary/aromatic N) is 3. The maximum atomic E-state index is 12.8. The Bertz CT molecular complexity index is 809. The number of nitrogen functional groups attached to an aromatic ring is 1. The van der Waals surface area contributed by atoms with Crippen molar-refractivity contribution in [1.29, 1.82) is 0 Å². The van der Waals surface area contributed by atoms with Crippen LogP contribution in [-0.2, 0) is 9.53 Å². The van der Waals surface area contributed by atoms with Crippen molar-refractivity contribution in [3.05, 3.63) is 22.7 Å². The second-order valence-electron chi connectivity index (χ2n) is 8.95. The Balaban J connectivity index is 1.41. The van der Waals surface area contributed by atoms with Gasteiger partial charge in [-0.1, -0.05) is 0 Å². The van der Waals surface area contributed by atoms with Crippen LogP contribution in [0.2, 0.25) is 0 Å². The molecule has 0 bridgehead atoms. The molecule has 1 spiro atoms. The Morgan fingerprint density at radius 2 is 2.17 bits per heavy atom. The van der Waals surface area contributed by atoms with Crippen LogP contribution < -0.4 is 16.7 Å². The van der Waals surface area contributed by atoms with Gasteiger partial charge in [0.15, 0.2) is 0 Å². The van der Waals surface area contributed by atoms with Gasteiger partial charge in [0, 0.05) is 32.3 Å². The van der Waals surface area contributed by atoms with E-state index in [1.807, 2.05) is 4.90 Å². The van der Waals surface area contributed by atoms with E-state index >= 15 is 0 Å². The SMILES string of the molecule is C[C@@]1(O)CC2(CCN(C(=O)[C@@H]3CCCNC3)CC2)OC[C@H]1n1ccc(N)nc1=O. The van der Waals surface area contributed by atoms with Crippen molar-refractivity contribution in [3.8, 4) is 0 Å². The van der Waals surface area contributed by atoms with Crippen molar-refractivity contribution < 1.29 is 14.6 Å². The lowest BCUT2D eigenvalue weighted by Crippen LogP contribution is -2.59. The molecule has 4 N–H and O–H groups in total. The predicted molar refractivity (Wildman–Crippen MR) is 107 cm³/mol. The molecule has 3 saturated heterocycles. The van der Waals surface area contributed by atoms with Gasteiger partial charge in [-0.3, -0.25) is 9.36 Å². The molecule has 1 amide bonds. The molecular formula is C20H31N5O4. The first-order valence-corrected chi connectivity index (χ1v) is 10.5. The van der Waals surface area contributed by atoms with Gasteiger partial charge < -0.3 is 25.8 Å². The third kappa shape index (κ3) is 4.04. The van der Waals surface area contributed by atoms with Crippen LogP contribution >= 0.6 is 0 Å². The lowest BCUT2D eigenvalue weighted by atomic mass is 9.75. The number of hydrogen-bond acceptors (Lipinski definition) is 7. The number of likely N-dealkylation sites (tertiary alicyclic amines) is 1. The molecule has 0 aromatic carbocycles. The fraction of sp³-hybridized carbons (Fsp3) is 0.750. The zero-order chi connectivity index (χ0) is 20.6. The monoisotopic (exact) mass is 405 g/mol. The summed E-state index contributed by atoms with van der Waals surface area (Å²) in [5, 5.41) is 14.5. The zero-order valence-electron chi connectivity index (χ0n) is 17.0. The minimum Gasteiger partial charge on any atom is -0.388 e. The number of carbonyl (C=O) groups excluding carboxylic acids is 1. The van der Waals surface area contributed by atoms with Gasteiger partial charge in [0.25, 0.3) is 0 Å². The molecule has 160 valence electrons. The summed E-state index contributed by atoms with van der Waals surface area (Å²) in [7, 11) is 0. The average molecular weight is 405 g/mol. The minimum atomic E-state index is -1.13. The van der Waals surface area contributed by atoms with Crippen LogP contribution in [0.1, 0.15) is 45.1 Å². The summed E-state index contributed by atoms with van der Waals surface area (Å²) >= 11 is 0. The molecule has 3 fully saturated rings. The van der Waals surface area contributed by atoms with E-state index in [9.17, 15) is 14.7 Å². The van der Waals surface area contributed by atoms with Crippen LogP contribution in [0.5, 0.6) is 0 Å². The molecule has 0 aliphatic carbocycles. The molecule has 4 heterocycles. The zero-order valence-corrected chi connectivity index (χ0v) is 17.0. The highest BCUT2D eigenvalue weighted by Gasteiger charge is 2.50. The molecule has 3 atom stereocenters. The van der Waals surface area contributed by atoms with Crippen LogP contribution in [0.25, 0.3) is 0 Å². The third-order valence-electron chi connectivity index (χ3n) is 6.77. The lowest BCUT2D eigenvalue weighted by Gasteiger charge is -2.51. The highest BCUT2D eigenvalue weighted by Crippen LogP contribution is 2.43. The number of nitrogens with two attached hydrogens (primary N) is 1. The molecule has 3 aliphatic heterocycles. The largest absolute Gasteiger partial charge is 0.388 e. The molecule has 29 heavy (non-hydrogen) atoms. The number of aromatic nitrogens is 2. The number of piperidine rings is 2. The highest BCUT2D eigenvalue weighted by molar-refractivity contribution is 5.79. The van der Waals surface area contributed by atoms with E-state index in [1.165, 1.54) is 4.57 Å². The molecule has 0 unspecified atom stereocenters. The maximum absolute atomic E-state index is 12.8. The average Bonchev–Trinajstić information content (AvgIpc) is 2.69. The van der Waals surface area contributed by atoms with Crippen LogP contribution in [0.4, 0.5) is 5.82 Å². The van der Waals surface area contributed by atoms with Gasteiger partial charge in [-0.25, -0.2) is 4.79 Å². The fourth-order valence-corrected chi connectivity index (χ4v) is 5.08. The lowest BCUT2D eigenvalue weighted by molar-refractivity contribution is -0.198. The second-order valence-corrected chi connectivity index (χ2v) is 8.95. The Morgan fingerprint density at radius 1 is 1.41 bits per heavy atom. The van der Waals surface area contributed by atoms with E-state index < -0.39 is 22.9 Å². The van der Waals surface area contributed by atoms with Crippen LogP contribution in [0.15, 0.2) is 17.1 Å². The van der Waals surface area contributed by atoms with E-state index in [-0.39, 0.29) is 24.2 Å². The summed E-state index contributed by atoms with van der Waals surface area (Å²) in [6, 6.07) is 1.02. The Labute approximate surface area is 170 Å². The minimum absolute atomic E-state index is 0.0717. The number of carbonyl (C=O) groups is 1. The smallest absolute Gasteiger partial charge is 0.349 e. The highest BCUT2D eigenvalue weighted by atomic mass is 16.5. The first kappa shape index (κ1) is 20.3. The number of hydrogen-bond donors (Lipinski definition) is 3. The van der Waals surface area contributed by atoms with Crippen LogP contribution in [-0.4, -0.2) is 69.5 Å². The molecule has 4 rings (SSSR count). The van der Waals surface area contributed by atoms with Crippen molar-refractivity contribution in [2.75, 3.05) is 38.5 Å². The quantitative estimate of drug-likeness (QED) is 0.628. The number of nitrogens with one attached hydrogen (secondary N) is 1. The number of aliphatic hydroxyl groups is 1. The number of amides is 1. The molecule has 3 aliphatic rings. The summed E-state index contributed by atoms with van der Waals surface area (Å²) in [6.07, 6.45) is 5.35. The first-order chi connectivity index (χ1) is 13.8. The van der Waals surface area contributed by atoms with Crippen LogP contribution in [0.3, 0.4) is 0 Å². The van der Waals surface area contributed by atoms with Gasteiger partial charge in [-0.2, -0.15) is 4.98 Å². The van der Waals surface area contributed by atoms with E-state index in [0.29, 0.717) is 32.4 Å². The summed E-state index contributed by atoms with van der Waals surface area (Å²) in [5.74, 6) is 0.457. The van der Waals surface area contributed by atoms with E-state index in [0.717, 1.165) is 25.9 Å².